The standard InChI is InChI=1S/C50H33NO/c1-2-13-34(14-3-1)35-25-27-36(28-26-35)37-29-31-40(32-30-37)51(46-23-12-17-38-15-4-6-18-41(38)46)47-22-10-8-20-43(47)45-33-39-16-5-7-19-42(39)50-49(45)44-21-9-11-24-48(44)52-50/h1-33H. The zero-order chi connectivity index (χ0) is 34.4. The van der Waals surface area contributed by atoms with Gasteiger partial charge in [0.2, 0.25) is 0 Å². The fourth-order valence-corrected chi connectivity index (χ4v) is 7.77. The molecule has 0 N–H and O–H groups in total. The number of para-hydroxylation sites is 2. The Hall–Kier alpha value is -6.90. The normalized spacial score (nSPS) is 11.5. The molecule has 2 heteroatoms. The fraction of sp³-hybridized carbons (Fsp3) is 0. The molecule has 0 aliphatic carbocycles. The van der Waals surface area contributed by atoms with Crippen LogP contribution in [0.15, 0.2) is 205 Å². The molecule has 244 valence electrons. The minimum atomic E-state index is 0.894. The molecule has 9 aromatic carbocycles. The fourth-order valence-electron chi connectivity index (χ4n) is 7.77. The van der Waals surface area contributed by atoms with Crippen LogP contribution in [-0.4, -0.2) is 0 Å². The first-order valence-electron chi connectivity index (χ1n) is 17.8. The van der Waals surface area contributed by atoms with Crippen LogP contribution in [0, 0.1) is 0 Å². The van der Waals surface area contributed by atoms with Gasteiger partial charge in [0.1, 0.15) is 11.2 Å². The lowest BCUT2D eigenvalue weighted by Crippen LogP contribution is -2.11. The number of fused-ring (bicyclic) bond motifs is 6. The van der Waals surface area contributed by atoms with Crippen molar-refractivity contribution in [1.29, 1.82) is 0 Å². The largest absolute Gasteiger partial charge is 0.455 e. The third-order valence-corrected chi connectivity index (χ3v) is 10.3. The first-order chi connectivity index (χ1) is 25.8. The summed E-state index contributed by atoms with van der Waals surface area (Å²) in [4.78, 5) is 2.42. The van der Waals surface area contributed by atoms with Crippen LogP contribution in [-0.2, 0) is 0 Å². The van der Waals surface area contributed by atoms with E-state index in [1.54, 1.807) is 0 Å². The molecule has 0 radical (unpaired) electrons. The van der Waals surface area contributed by atoms with Crippen LogP contribution in [0.25, 0.3) is 76.9 Å². The number of anilines is 3. The van der Waals surface area contributed by atoms with Gasteiger partial charge in [0.25, 0.3) is 0 Å². The Kier molecular flexibility index (Phi) is 7.18. The minimum Gasteiger partial charge on any atom is -0.455 e. The zero-order valence-electron chi connectivity index (χ0n) is 28.4. The summed E-state index contributed by atoms with van der Waals surface area (Å²) >= 11 is 0. The van der Waals surface area contributed by atoms with E-state index in [4.69, 9.17) is 4.42 Å². The van der Waals surface area contributed by atoms with Crippen LogP contribution in [0.3, 0.4) is 0 Å². The summed E-state index contributed by atoms with van der Waals surface area (Å²) in [5.74, 6) is 0. The summed E-state index contributed by atoms with van der Waals surface area (Å²) in [5, 5.41) is 6.91. The van der Waals surface area contributed by atoms with Crippen molar-refractivity contribution in [3.8, 4) is 33.4 Å². The summed E-state index contributed by atoms with van der Waals surface area (Å²) in [6.45, 7) is 0. The molecule has 1 aromatic heterocycles. The first-order valence-corrected chi connectivity index (χ1v) is 17.8. The number of rotatable bonds is 6. The molecule has 0 unspecified atom stereocenters. The highest BCUT2D eigenvalue weighted by atomic mass is 16.3. The molecule has 10 rings (SSSR count). The maximum absolute atomic E-state index is 6.63. The molecular weight excluding hydrogens is 631 g/mol. The highest BCUT2D eigenvalue weighted by Crippen LogP contribution is 2.48. The molecule has 1 heterocycles. The Balaban J connectivity index is 1.17. The van der Waals surface area contributed by atoms with Crippen LogP contribution in [0.1, 0.15) is 0 Å². The van der Waals surface area contributed by atoms with Gasteiger partial charge in [0.15, 0.2) is 0 Å². The predicted octanol–water partition coefficient (Wildman–Crippen LogP) is 14.4. The summed E-state index contributed by atoms with van der Waals surface area (Å²) in [7, 11) is 0. The van der Waals surface area contributed by atoms with E-state index in [0.29, 0.717) is 0 Å². The molecule has 2 nitrogen and oxygen atoms in total. The maximum Gasteiger partial charge on any atom is 0.143 e. The van der Waals surface area contributed by atoms with Crippen LogP contribution in [0.4, 0.5) is 17.1 Å². The van der Waals surface area contributed by atoms with Gasteiger partial charge < -0.3 is 9.32 Å². The lowest BCUT2D eigenvalue weighted by molar-refractivity contribution is 0.673. The van der Waals surface area contributed by atoms with Gasteiger partial charge in [-0.3, -0.25) is 0 Å². The van der Waals surface area contributed by atoms with Crippen molar-refractivity contribution in [3.05, 3.63) is 200 Å². The van der Waals surface area contributed by atoms with Gasteiger partial charge in [0.05, 0.1) is 11.4 Å². The van der Waals surface area contributed by atoms with Crippen molar-refractivity contribution in [2.45, 2.75) is 0 Å². The highest BCUT2D eigenvalue weighted by molar-refractivity contribution is 6.22. The smallest absolute Gasteiger partial charge is 0.143 e. The zero-order valence-corrected chi connectivity index (χ0v) is 28.4. The number of hydrogen-bond donors (Lipinski definition) is 0. The molecule has 0 aliphatic heterocycles. The van der Waals surface area contributed by atoms with Gasteiger partial charge in [-0.15, -0.1) is 0 Å². The van der Waals surface area contributed by atoms with Crippen molar-refractivity contribution >= 4 is 60.5 Å². The summed E-state index contributed by atoms with van der Waals surface area (Å²) in [5.41, 5.74) is 12.2. The van der Waals surface area contributed by atoms with E-state index in [1.165, 1.54) is 33.0 Å². The van der Waals surface area contributed by atoms with Crippen molar-refractivity contribution in [2.75, 3.05) is 4.90 Å². The molecule has 10 aromatic rings. The molecular formula is C50H33NO. The Morgan fingerprint density at radius 3 is 1.65 bits per heavy atom. The van der Waals surface area contributed by atoms with Crippen molar-refractivity contribution in [1.82, 2.24) is 0 Å². The summed E-state index contributed by atoms with van der Waals surface area (Å²) in [6, 6.07) is 71.7. The lowest BCUT2D eigenvalue weighted by atomic mass is 9.93. The molecule has 0 bridgehead atoms. The van der Waals surface area contributed by atoms with E-state index in [9.17, 15) is 0 Å². The quantitative estimate of drug-likeness (QED) is 0.176. The Labute approximate surface area is 302 Å². The van der Waals surface area contributed by atoms with Crippen LogP contribution in [0.5, 0.6) is 0 Å². The van der Waals surface area contributed by atoms with Crippen molar-refractivity contribution < 1.29 is 4.42 Å². The number of hydrogen-bond acceptors (Lipinski definition) is 2. The van der Waals surface area contributed by atoms with E-state index in [1.807, 2.05) is 6.07 Å². The predicted molar refractivity (Wildman–Crippen MR) is 220 cm³/mol. The summed E-state index contributed by atoms with van der Waals surface area (Å²) in [6.07, 6.45) is 0. The van der Waals surface area contributed by atoms with E-state index < -0.39 is 0 Å². The van der Waals surface area contributed by atoms with Crippen LogP contribution < -0.4 is 4.90 Å². The highest BCUT2D eigenvalue weighted by Gasteiger charge is 2.23. The minimum absolute atomic E-state index is 0.894. The van der Waals surface area contributed by atoms with Crippen molar-refractivity contribution in [3.63, 3.8) is 0 Å². The van der Waals surface area contributed by atoms with Crippen LogP contribution >= 0.6 is 0 Å². The number of benzene rings is 9. The molecule has 0 saturated carbocycles. The average molecular weight is 664 g/mol. The second kappa shape index (κ2) is 12.5. The first kappa shape index (κ1) is 30.0. The average Bonchev–Trinajstić information content (AvgIpc) is 3.62. The van der Waals surface area contributed by atoms with Gasteiger partial charge in [-0.05, 0) is 75.0 Å². The van der Waals surface area contributed by atoms with E-state index in [0.717, 1.165) is 60.9 Å². The van der Waals surface area contributed by atoms with E-state index in [-0.39, 0.29) is 0 Å². The van der Waals surface area contributed by atoms with Gasteiger partial charge >= 0.3 is 0 Å². The molecule has 52 heavy (non-hydrogen) atoms. The molecule has 0 fully saturated rings. The SMILES string of the molecule is c1ccc(-c2ccc(-c3ccc(N(c4ccccc4-c4cc5ccccc5c5oc6ccccc6c45)c4cccc5ccccc45)cc3)cc2)cc1. The third kappa shape index (κ3) is 5.04. The van der Waals surface area contributed by atoms with Crippen LogP contribution in [0.2, 0.25) is 0 Å². The Morgan fingerprint density at radius 2 is 0.885 bits per heavy atom. The molecule has 0 spiro atoms. The third-order valence-electron chi connectivity index (χ3n) is 10.3. The van der Waals surface area contributed by atoms with Gasteiger partial charge in [-0.1, -0.05) is 164 Å². The van der Waals surface area contributed by atoms with Gasteiger partial charge in [0, 0.05) is 32.8 Å². The topological polar surface area (TPSA) is 16.4 Å². The molecule has 0 saturated heterocycles. The monoisotopic (exact) mass is 663 g/mol. The van der Waals surface area contributed by atoms with Crippen molar-refractivity contribution in [2.24, 2.45) is 0 Å². The second-order valence-corrected chi connectivity index (χ2v) is 13.3. The molecule has 0 aliphatic rings. The Morgan fingerprint density at radius 1 is 0.346 bits per heavy atom. The van der Waals surface area contributed by atoms with Gasteiger partial charge in [-0.2, -0.15) is 0 Å². The van der Waals surface area contributed by atoms with E-state index >= 15 is 0 Å². The number of nitrogens with zero attached hydrogens (tertiary/aromatic N) is 1. The van der Waals surface area contributed by atoms with E-state index in [2.05, 4.69) is 199 Å². The lowest BCUT2D eigenvalue weighted by Gasteiger charge is -2.29. The summed E-state index contributed by atoms with van der Waals surface area (Å²) < 4.78 is 6.63. The maximum atomic E-state index is 6.63. The Bertz CT molecular complexity index is 2880. The second-order valence-electron chi connectivity index (χ2n) is 13.3. The number of furan rings is 1. The van der Waals surface area contributed by atoms with Gasteiger partial charge in [-0.25, -0.2) is 0 Å². The molecule has 0 atom stereocenters. The molecule has 0 amide bonds.